The summed E-state index contributed by atoms with van der Waals surface area (Å²) in [5.74, 6) is 1.90. The van der Waals surface area contributed by atoms with Gasteiger partial charge in [0.2, 0.25) is 5.88 Å². The number of rotatable bonds is 4. The Hall–Kier alpha value is -2.30. The minimum absolute atomic E-state index is 0.480. The van der Waals surface area contributed by atoms with E-state index in [1.807, 2.05) is 18.2 Å². The lowest BCUT2D eigenvalue weighted by molar-refractivity contribution is 0.392. The van der Waals surface area contributed by atoms with Crippen LogP contribution in [0.1, 0.15) is 0 Å². The van der Waals surface area contributed by atoms with Crippen molar-refractivity contribution in [1.82, 2.24) is 10.2 Å². The molecular formula is C13H14N2O3. The van der Waals surface area contributed by atoms with E-state index >= 15 is 0 Å². The van der Waals surface area contributed by atoms with Gasteiger partial charge in [-0.15, -0.1) is 10.2 Å². The Morgan fingerprint density at radius 3 is 1.89 bits per heavy atom. The van der Waals surface area contributed by atoms with E-state index in [9.17, 15) is 0 Å². The summed E-state index contributed by atoms with van der Waals surface area (Å²) in [7, 11) is 4.77. The third-order valence-corrected chi connectivity index (χ3v) is 2.50. The minimum atomic E-state index is 0.480. The molecule has 2 aromatic rings. The summed E-state index contributed by atoms with van der Waals surface area (Å²) in [6, 6.07) is 9.15. The molecule has 1 heterocycles. The topological polar surface area (TPSA) is 53.5 Å². The van der Waals surface area contributed by atoms with Crippen molar-refractivity contribution >= 4 is 0 Å². The first-order valence-electron chi connectivity index (χ1n) is 5.38. The molecule has 1 aromatic carbocycles. The molecule has 5 heteroatoms. The van der Waals surface area contributed by atoms with Crippen molar-refractivity contribution in [2.24, 2.45) is 0 Å². The number of hydrogen-bond donors (Lipinski definition) is 0. The van der Waals surface area contributed by atoms with Crippen LogP contribution in [0.5, 0.6) is 17.4 Å². The van der Waals surface area contributed by atoms with Gasteiger partial charge in [0.25, 0.3) is 0 Å². The summed E-state index contributed by atoms with van der Waals surface area (Å²) >= 11 is 0. The van der Waals surface area contributed by atoms with Gasteiger partial charge in [-0.3, -0.25) is 0 Å². The molecule has 1 aromatic heterocycles. The van der Waals surface area contributed by atoms with Crippen LogP contribution in [-0.4, -0.2) is 31.5 Å². The maximum Gasteiger partial charge on any atom is 0.233 e. The van der Waals surface area contributed by atoms with Crippen LogP contribution < -0.4 is 14.2 Å². The lowest BCUT2D eigenvalue weighted by Gasteiger charge is -2.07. The van der Waals surface area contributed by atoms with Gasteiger partial charge in [0.05, 0.1) is 27.0 Å². The highest BCUT2D eigenvalue weighted by atomic mass is 16.5. The molecule has 94 valence electrons. The van der Waals surface area contributed by atoms with E-state index in [0.717, 1.165) is 11.3 Å². The van der Waals surface area contributed by atoms with Gasteiger partial charge in [-0.1, -0.05) is 0 Å². The first-order chi connectivity index (χ1) is 8.76. The molecule has 0 fully saturated rings. The maximum atomic E-state index is 5.21. The zero-order valence-electron chi connectivity index (χ0n) is 10.5. The third-order valence-electron chi connectivity index (χ3n) is 2.50. The molecule has 0 radical (unpaired) electrons. The fourth-order valence-electron chi connectivity index (χ4n) is 1.54. The molecular weight excluding hydrogens is 232 g/mol. The fraction of sp³-hybridized carbons (Fsp3) is 0.231. The molecule has 0 aliphatic heterocycles. The van der Waals surface area contributed by atoms with E-state index < -0.39 is 0 Å². The molecule has 2 rings (SSSR count). The SMILES string of the molecule is COc1cc(OC)cc(-c2ccc(OC)nn2)c1. The molecule has 0 amide bonds. The second-order valence-electron chi connectivity index (χ2n) is 3.56. The average molecular weight is 246 g/mol. The van der Waals surface area contributed by atoms with E-state index in [0.29, 0.717) is 17.4 Å². The van der Waals surface area contributed by atoms with Crippen molar-refractivity contribution in [1.29, 1.82) is 0 Å². The Labute approximate surface area is 105 Å². The summed E-state index contributed by atoms with van der Waals surface area (Å²) in [6.07, 6.45) is 0. The third kappa shape index (κ3) is 2.51. The van der Waals surface area contributed by atoms with E-state index in [1.165, 1.54) is 0 Å². The van der Waals surface area contributed by atoms with E-state index in [4.69, 9.17) is 14.2 Å². The summed E-state index contributed by atoms with van der Waals surface area (Å²) < 4.78 is 15.4. The van der Waals surface area contributed by atoms with E-state index in [1.54, 1.807) is 33.5 Å². The first kappa shape index (κ1) is 12.2. The summed E-state index contributed by atoms with van der Waals surface area (Å²) in [4.78, 5) is 0. The lowest BCUT2D eigenvalue weighted by Crippen LogP contribution is -1.93. The quantitative estimate of drug-likeness (QED) is 0.827. The van der Waals surface area contributed by atoms with Gasteiger partial charge in [0.15, 0.2) is 0 Å². The molecule has 0 N–H and O–H groups in total. The molecule has 0 atom stereocenters. The molecule has 0 aliphatic carbocycles. The Bertz CT molecular complexity index is 504. The fourth-order valence-corrected chi connectivity index (χ4v) is 1.54. The van der Waals surface area contributed by atoms with Gasteiger partial charge >= 0.3 is 0 Å². The van der Waals surface area contributed by atoms with Crippen molar-refractivity contribution in [2.75, 3.05) is 21.3 Å². The maximum absolute atomic E-state index is 5.21. The van der Waals surface area contributed by atoms with Gasteiger partial charge in [-0.25, -0.2) is 0 Å². The molecule has 0 saturated heterocycles. The second kappa shape index (κ2) is 5.35. The lowest BCUT2D eigenvalue weighted by atomic mass is 10.1. The van der Waals surface area contributed by atoms with E-state index in [-0.39, 0.29) is 0 Å². The predicted octanol–water partition coefficient (Wildman–Crippen LogP) is 2.17. The first-order valence-corrected chi connectivity index (χ1v) is 5.38. The normalized spacial score (nSPS) is 9.94. The molecule has 18 heavy (non-hydrogen) atoms. The number of aromatic nitrogens is 2. The highest BCUT2D eigenvalue weighted by Crippen LogP contribution is 2.28. The zero-order valence-corrected chi connectivity index (χ0v) is 10.5. The van der Waals surface area contributed by atoms with Crippen LogP contribution in [0.25, 0.3) is 11.3 Å². The van der Waals surface area contributed by atoms with E-state index in [2.05, 4.69) is 10.2 Å². The zero-order chi connectivity index (χ0) is 13.0. The predicted molar refractivity (Wildman–Crippen MR) is 67.1 cm³/mol. The van der Waals surface area contributed by atoms with Crippen LogP contribution >= 0.6 is 0 Å². The Morgan fingerprint density at radius 1 is 0.778 bits per heavy atom. The van der Waals surface area contributed by atoms with Gasteiger partial charge in [-0.2, -0.15) is 0 Å². The van der Waals surface area contributed by atoms with Crippen LogP contribution in [0.2, 0.25) is 0 Å². The van der Waals surface area contributed by atoms with Crippen LogP contribution in [0, 0.1) is 0 Å². The van der Waals surface area contributed by atoms with Crippen molar-refractivity contribution in [3.8, 4) is 28.6 Å². The van der Waals surface area contributed by atoms with Gasteiger partial charge in [0.1, 0.15) is 11.5 Å². The van der Waals surface area contributed by atoms with Gasteiger partial charge in [-0.05, 0) is 18.2 Å². The number of hydrogen-bond acceptors (Lipinski definition) is 5. The summed E-state index contributed by atoms with van der Waals surface area (Å²) in [5.41, 5.74) is 1.61. The smallest absolute Gasteiger partial charge is 0.233 e. The Morgan fingerprint density at radius 2 is 1.44 bits per heavy atom. The van der Waals surface area contributed by atoms with Crippen molar-refractivity contribution in [2.45, 2.75) is 0 Å². The van der Waals surface area contributed by atoms with Crippen LogP contribution in [-0.2, 0) is 0 Å². The monoisotopic (exact) mass is 246 g/mol. The second-order valence-corrected chi connectivity index (χ2v) is 3.56. The number of nitrogens with zero attached hydrogens (tertiary/aromatic N) is 2. The largest absolute Gasteiger partial charge is 0.497 e. The highest BCUT2D eigenvalue weighted by Gasteiger charge is 2.06. The Kier molecular flexibility index (Phi) is 3.62. The van der Waals surface area contributed by atoms with Crippen molar-refractivity contribution < 1.29 is 14.2 Å². The van der Waals surface area contributed by atoms with Crippen LogP contribution in [0.3, 0.4) is 0 Å². The standard InChI is InChI=1S/C13H14N2O3/c1-16-10-6-9(7-11(8-10)17-2)12-4-5-13(18-3)15-14-12/h4-8H,1-3H3. The van der Waals surface area contributed by atoms with Gasteiger partial charge < -0.3 is 14.2 Å². The van der Waals surface area contributed by atoms with Crippen LogP contribution in [0.15, 0.2) is 30.3 Å². The van der Waals surface area contributed by atoms with Crippen LogP contribution in [0.4, 0.5) is 0 Å². The minimum Gasteiger partial charge on any atom is -0.497 e. The average Bonchev–Trinajstić information content (AvgIpc) is 2.46. The highest BCUT2D eigenvalue weighted by molar-refractivity contribution is 5.63. The molecule has 0 spiro atoms. The summed E-state index contributed by atoms with van der Waals surface area (Å²) in [6.45, 7) is 0. The number of benzene rings is 1. The number of ether oxygens (including phenoxy) is 3. The van der Waals surface area contributed by atoms with Gasteiger partial charge in [0, 0.05) is 17.7 Å². The molecule has 0 aliphatic rings. The van der Waals surface area contributed by atoms with Crippen molar-refractivity contribution in [3.05, 3.63) is 30.3 Å². The Balaban J connectivity index is 2.41. The molecule has 5 nitrogen and oxygen atoms in total. The van der Waals surface area contributed by atoms with Crippen molar-refractivity contribution in [3.63, 3.8) is 0 Å². The molecule has 0 unspecified atom stereocenters. The molecule has 0 saturated carbocycles. The summed E-state index contributed by atoms with van der Waals surface area (Å²) in [5, 5.41) is 8.02. The number of methoxy groups -OCH3 is 3. The molecule has 0 bridgehead atoms.